The number of rotatable bonds is 6. The number of benzene rings is 1. The number of aromatic nitrogens is 1. The SMILES string of the molecule is CCCNc1cncc(Oc2ccc(Br)cc2[N+](=O)[O-])c1. The molecule has 7 heteroatoms. The summed E-state index contributed by atoms with van der Waals surface area (Å²) in [6, 6.07) is 6.40. The van der Waals surface area contributed by atoms with E-state index in [1.807, 2.05) is 0 Å². The minimum Gasteiger partial charge on any atom is -0.448 e. The number of hydrogen-bond donors (Lipinski definition) is 1. The van der Waals surface area contributed by atoms with Gasteiger partial charge in [-0.05, 0) is 18.6 Å². The highest BCUT2D eigenvalue weighted by Gasteiger charge is 2.16. The average molecular weight is 352 g/mol. The summed E-state index contributed by atoms with van der Waals surface area (Å²) in [5.41, 5.74) is 0.713. The number of halogens is 1. The van der Waals surface area contributed by atoms with Crippen LogP contribution < -0.4 is 10.1 Å². The third-order valence-corrected chi connectivity index (χ3v) is 3.13. The standard InChI is InChI=1S/C14H14BrN3O3/c1-2-5-17-11-7-12(9-16-8-11)21-14-4-3-10(15)6-13(14)18(19)20/h3-4,6-9,17H,2,5H2,1H3. The second kappa shape index (κ2) is 7.03. The summed E-state index contributed by atoms with van der Waals surface area (Å²) in [6.45, 7) is 2.88. The second-order valence-corrected chi connectivity index (χ2v) is 5.22. The maximum atomic E-state index is 11.0. The van der Waals surface area contributed by atoms with Crippen LogP contribution in [0.2, 0.25) is 0 Å². The van der Waals surface area contributed by atoms with Crippen LogP contribution in [0.4, 0.5) is 11.4 Å². The molecule has 1 aromatic heterocycles. The topological polar surface area (TPSA) is 77.3 Å². The van der Waals surface area contributed by atoms with E-state index in [-0.39, 0.29) is 11.4 Å². The van der Waals surface area contributed by atoms with Crippen LogP contribution in [0.1, 0.15) is 13.3 Å². The predicted molar refractivity (Wildman–Crippen MR) is 83.9 cm³/mol. The Morgan fingerprint density at radius 1 is 1.38 bits per heavy atom. The molecule has 0 saturated heterocycles. The molecule has 0 fully saturated rings. The van der Waals surface area contributed by atoms with E-state index < -0.39 is 4.92 Å². The molecule has 0 aliphatic rings. The van der Waals surface area contributed by atoms with Crippen LogP contribution in [-0.2, 0) is 0 Å². The van der Waals surface area contributed by atoms with Crippen molar-refractivity contribution >= 4 is 27.3 Å². The molecule has 0 spiro atoms. The highest BCUT2D eigenvalue weighted by atomic mass is 79.9. The minimum atomic E-state index is -0.479. The zero-order valence-electron chi connectivity index (χ0n) is 11.4. The van der Waals surface area contributed by atoms with Gasteiger partial charge in [-0.25, -0.2) is 0 Å². The first-order chi connectivity index (χ1) is 10.1. The fourth-order valence-corrected chi connectivity index (χ4v) is 2.04. The predicted octanol–water partition coefficient (Wildman–Crippen LogP) is 4.37. The quantitative estimate of drug-likeness (QED) is 0.617. The van der Waals surface area contributed by atoms with Crippen molar-refractivity contribution < 1.29 is 9.66 Å². The summed E-state index contributed by atoms with van der Waals surface area (Å²) in [5, 5.41) is 14.2. The fourth-order valence-electron chi connectivity index (χ4n) is 1.69. The Labute approximate surface area is 130 Å². The zero-order chi connectivity index (χ0) is 15.2. The largest absolute Gasteiger partial charge is 0.448 e. The molecule has 0 amide bonds. The Morgan fingerprint density at radius 2 is 2.19 bits per heavy atom. The van der Waals surface area contributed by atoms with E-state index in [1.165, 1.54) is 12.3 Å². The van der Waals surface area contributed by atoms with Gasteiger partial charge in [0.05, 0.1) is 23.0 Å². The molecule has 1 aromatic carbocycles. The Balaban J connectivity index is 2.24. The zero-order valence-corrected chi connectivity index (χ0v) is 13.0. The maximum absolute atomic E-state index is 11.0. The third kappa shape index (κ3) is 4.16. The maximum Gasteiger partial charge on any atom is 0.312 e. The highest BCUT2D eigenvalue weighted by molar-refractivity contribution is 9.10. The van der Waals surface area contributed by atoms with E-state index in [1.54, 1.807) is 24.4 Å². The molecule has 0 unspecified atom stereocenters. The molecule has 0 aliphatic carbocycles. The minimum absolute atomic E-state index is 0.101. The van der Waals surface area contributed by atoms with Gasteiger partial charge in [-0.3, -0.25) is 15.1 Å². The summed E-state index contributed by atoms with van der Waals surface area (Å²) in [7, 11) is 0. The average Bonchev–Trinajstić information content (AvgIpc) is 2.47. The van der Waals surface area contributed by atoms with Gasteiger partial charge >= 0.3 is 5.69 Å². The second-order valence-electron chi connectivity index (χ2n) is 4.31. The number of nitrogens with one attached hydrogen (secondary N) is 1. The van der Waals surface area contributed by atoms with E-state index in [0.29, 0.717) is 10.2 Å². The number of ether oxygens (including phenoxy) is 1. The fraction of sp³-hybridized carbons (Fsp3) is 0.214. The van der Waals surface area contributed by atoms with Crippen LogP contribution in [0.3, 0.4) is 0 Å². The summed E-state index contributed by atoms with van der Waals surface area (Å²) in [4.78, 5) is 14.6. The van der Waals surface area contributed by atoms with Crippen molar-refractivity contribution in [1.82, 2.24) is 4.98 Å². The van der Waals surface area contributed by atoms with Crippen molar-refractivity contribution in [2.45, 2.75) is 13.3 Å². The van der Waals surface area contributed by atoms with Crippen molar-refractivity contribution in [2.24, 2.45) is 0 Å². The first-order valence-electron chi connectivity index (χ1n) is 6.41. The van der Waals surface area contributed by atoms with Crippen LogP contribution in [0.15, 0.2) is 41.1 Å². The van der Waals surface area contributed by atoms with Gasteiger partial charge in [-0.1, -0.05) is 22.9 Å². The summed E-state index contributed by atoms with van der Waals surface area (Å²) in [5.74, 6) is 0.624. The summed E-state index contributed by atoms with van der Waals surface area (Å²) < 4.78 is 6.20. The summed E-state index contributed by atoms with van der Waals surface area (Å²) in [6.07, 6.45) is 4.19. The monoisotopic (exact) mass is 351 g/mol. The van der Waals surface area contributed by atoms with E-state index >= 15 is 0 Å². The van der Waals surface area contributed by atoms with Crippen molar-refractivity contribution in [3.63, 3.8) is 0 Å². The van der Waals surface area contributed by atoms with Crippen LogP contribution in [0.25, 0.3) is 0 Å². The van der Waals surface area contributed by atoms with E-state index in [2.05, 4.69) is 33.2 Å². The Morgan fingerprint density at radius 3 is 2.90 bits per heavy atom. The lowest BCUT2D eigenvalue weighted by atomic mass is 10.3. The molecule has 110 valence electrons. The molecule has 21 heavy (non-hydrogen) atoms. The summed E-state index contributed by atoms with van der Waals surface area (Å²) >= 11 is 3.21. The molecule has 2 rings (SSSR count). The highest BCUT2D eigenvalue weighted by Crippen LogP contribution is 2.33. The van der Waals surface area contributed by atoms with Crippen molar-refractivity contribution in [2.75, 3.05) is 11.9 Å². The molecular weight excluding hydrogens is 338 g/mol. The normalized spacial score (nSPS) is 10.2. The molecule has 1 N–H and O–H groups in total. The number of nitrogens with zero attached hydrogens (tertiary/aromatic N) is 2. The van der Waals surface area contributed by atoms with Crippen molar-refractivity contribution in [3.8, 4) is 11.5 Å². The van der Waals surface area contributed by atoms with Crippen molar-refractivity contribution in [1.29, 1.82) is 0 Å². The molecule has 0 radical (unpaired) electrons. The van der Waals surface area contributed by atoms with Crippen LogP contribution in [0, 0.1) is 10.1 Å². The van der Waals surface area contributed by atoms with E-state index in [9.17, 15) is 10.1 Å². The van der Waals surface area contributed by atoms with Gasteiger partial charge in [0.2, 0.25) is 5.75 Å². The van der Waals surface area contributed by atoms with E-state index in [4.69, 9.17) is 4.74 Å². The molecule has 0 bridgehead atoms. The van der Waals surface area contributed by atoms with Gasteiger partial charge in [0.25, 0.3) is 0 Å². The number of nitro groups is 1. The van der Waals surface area contributed by atoms with Crippen LogP contribution in [-0.4, -0.2) is 16.5 Å². The number of hydrogen-bond acceptors (Lipinski definition) is 5. The molecule has 6 nitrogen and oxygen atoms in total. The Kier molecular flexibility index (Phi) is 5.10. The Bertz CT molecular complexity index is 649. The van der Waals surface area contributed by atoms with E-state index in [0.717, 1.165) is 18.7 Å². The van der Waals surface area contributed by atoms with Gasteiger partial charge in [0.15, 0.2) is 0 Å². The molecule has 2 aromatic rings. The lowest BCUT2D eigenvalue weighted by molar-refractivity contribution is -0.385. The molecular formula is C14H14BrN3O3. The molecule has 0 atom stereocenters. The number of anilines is 1. The van der Waals surface area contributed by atoms with Crippen LogP contribution >= 0.6 is 15.9 Å². The third-order valence-electron chi connectivity index (χ3n) is 2.64. The molecule has 0 saturated carbocycles. The first kappa shape index (κ1) is 15.2. The Hall–Kier alpha value is -2.15. The molecule has 1 heterocycles. The van der Waals surface area contributed by atoms with Gasteiger partial charge in [0.1, 0.15) is 5.75 Å². The first-order valence-corrected chi connectivity index (χ1v) is 7.20. The lowest BCUT2D eigenvalue weighted by Gasteiger charge is -2.09. The number of pyridine rings is 1. The van der Waals surface area contributed by atoms with Gasteiger partial charge in [-0.2, -0.15) is 0 Å². The van der Waals surface area contributed by atoms with Gasteiger partial charge < -0.3 is 10.1 Å². The molecule has 0 aliphatic heterocycles. The smallest absolute Gasteiger partial charge is 0.312 e. The lowest BCUT2D eigenvalue weighted by Crippen LogP contribution is -2.00. The van der Waals surface area contributed by atoms with Gasteiger partial charge in [-0.15, -0.1) is 0 Å². The number of nitro benzene ring substituents is 1. The van der Waals surface area contributed by atoms with Gasteiger partial charge in [0, 0.05) is 23.2 Å². The van der Waals surface area contributed by atoms with Crippen LogP contribution in [0.5, 0.6) is 11.5 Å². The van der Waals surface area contributed by atoms with Crippen molar-refractivity contribution in [3.05, 3.63) is 51.2 Å².